The fourth-order valence-electron chi connectivity index (χ4n) is 3.67. The third kappa shape index (κ3) is 16.9. The van der Waals surface area contributed by atoms with Crippen molar-refractivity contribution in [1.29, 1.82) is 0 Å². The van der Waals surface area contributed by atoms with Crippen molar-refractivity contribution in [2.75, 3.05) is 6.38 Å². The third-order valence-corrected chi connectivity index (χ3v) is 6.65. The monoisotopic (exact) mass is 634 g/mol. The van der Waals surface area contributed by atoms with E-state index in [4.69, 9.17) is 11.6 Å². The molecule has 1 heterocycles. The van der Waals surface area contributed by atoms with E-state index >= 15 is 0 Å². The molecule has 1 N–H and O–H groups in total. The van der Waals surface area contributed by atoms with Gasteiger partial charge in [0.25, 0.3) is 5.91 Å². The number of halogens is 2. The number of hydrogen-bond acceptors (Lipinski definition) is 2. The number of hydrogen-bond donors (Lipinski definition) is 1. The van der Waals surface area contributed by atoms with Crippen molar-refractivity contribution in [3.63, 3.8) is 0 Å². The Balaban J connectivity index is -0.00000199. The van der Waals surface area contributed by atoms with Crippen LogP contribution < -0.4 is 5.32 Å². The highest BCUT2D eigenvalue weighted by molar-refractivity contribution is 8.00. The van der Waals surface area contributed by atoms with Crippen molar-refractivity contribution in [1.82, 2.24) is 9.88 Å². The average Bonchev–Trinajstić information content (AvgIpc) is 3.24. The Morgan fingerprint density at radius 2 is 1.60 bits per heavy atom. The molecule has 0 fully saturated rings. The minimum atomic E-state index is -0.0958. The van der Waals surface area contributed by atoms with Crippen LogP contribution in [0.5, 0.6) is 0 Å². The first-order chi connectivity index (χ1) is 20.2. The summed E-state index contributed by atoms with van der Waals surface area (Å²) in [5.74, 6) is -0.0958. The van der Waals surface area contributed by atoms with Gasteiger partial charge in [0, 0.05) is 34.6 Å². The maximum Gasteiger partial charge on any atom is 0.257 e. The minimum Gasteiger partial charge on any atom is -0.335 e. The van der Waals surface area contributed by atoms with Crippen molar-refractivity contribution in [3.8, 4) is 0 Å². The van der Waals surface area contributed by atoms with Crippen LogP contribution in [-0.4, -0.2) is 22.1 Å². The van der Waals surface area contributed by atoms with Crippen LogP contribution in [-0.2, 0) is 13.0 Å². The first kappa shape index (κ1) is 44.0. The van der Waals surface area contributed by atoms with Gasteiger partial charge in [-0.05, 0) is 64.3 Å². The fourth-order valence-corrected chi connectivity index (χ4v) is 5.29. The van der Waals surface area contributed by atoms with Crippen molar-refractivity contribution >= 4 is 40.9 Å². The second kappa shape index (κ2) is 28.7. The standard InChI is InChI=1S/C30H39ClN2OS.C3H8.C2H6.CH3Cl/c1-9-15-19-25(31)20-22(7)35-30-27(14-6)28(29(34)32-26(13-5)18-12-4)23(8)33(30)21-24(16-10-2)17-11-3;1-3-2;2*1-2/h9-13,15-20,22H,1-2,14,21H2,3-8H3,(H,32,34);3H2,1-2H3;1-2H3;1H3/b17-11-,18-12-,19-15-,24-16+,25-20+,26-13+;;;. The van der Waals surface area contributed by atoms with Gasteiger partial charge in [-0.2, -0.15) is 0 Å². The van der Waals surface area contributed by atoms with Crippen LogP contribution in [0.25, 0.3) is 0 Å². The van der Waals surface area contributed by atoms with E-state index in [0.717, 1.165) is 39.5 Å². The number of amides is 1. The second-order valence-electron chi connectivity index (χ2n) is 8.54. The number of carbonyl (C=O) groups is 1. The van der Waals surface area contributed by atoms with E-state index in [-0.39, 0.29) is 11.2 Å². The maximum absolute atomic E-state index is 13.5. The van der Waals surface area contributed by atoms with Crippen molar-refractivity contribution < 1.29 is 4.79 Å². The molecule has 0 aliphatic rings. The van der Waals surface area contributed by atoms with E-state index in [0.29, 0.717) is 11.6 Å². The minimum absolute atomic E-state index is 0.0916. The number of thioether (sulfide) groups is 1. The summed E-state index contributed by atoms with van der Waals surface area (Å²) in [6.45, 7) is 28.5. The number of aromatic nitrogens is 1. The van der Waals surface area contributed by atoms with Gasteiger partial charge >= 0.3 is 0 Å². The molecule has 0 aliphatic heterocycles. The molecule has 1 unspecified atom stereocenters. The van der Waals surface area contributed by atoms with Gasteiger partial charge in [-0.25, -0.2) is 0 Å². The summed E-state index contributed by atoms with van der Waals surface area (Å²) in [7, 11) is 0. The Kier molecular flexibility index (Phi) is 30.1. The van der Waals surface area contributed by atoms with Gasteiger partial charge in [0.2, 0.25) is 0 Å². The van der Waals surface area contributed by atoms with Gasteiger partial charge < -0.3 is 9.88 Å². The van der Waals surface area contributed by atoms with E-state index in [2.05, 4.69) is 68.4 Å². The first-order valence-corrected chi connectivity index (χ1v) is 16.7. The molecule has 3 nitrogen and oxygen atoms in total. The molecule has 0 aliphatic carbocycles. The van der Waals surface area contributed by atoms with E-state index in [1.807, 2.05) is 90.2 Å². The Labute approximate surface area is 272 Å². The SMILES string of the molecule is C=C/C=C\C(Cl)=C/C(C)Sc1c(CC)c(C(=O)NC(/C=C\C)=C/C)c(C)n1CC(/C=C\C)=C/C=C.CC.CCC.CCl. The van der Waals surface area contributed by atoms with Crippen molar-refractivity contribution in [2.45, 2.75) is 98.9 Å². The molecule has 1 rings (SSSR count). The zero-order valence-corrected chi connectivity index (χ0v) is 30.3. The molecule has 1 atom stereocenters. The van der Waals surface area contributed by atoms with E-state index in [9.17, 15) is 4.79 Å². The molecule has 0 bridgehead atoms. The summed E-state index contributed by atoms with van der Waals surface area (Å²) in [6, 6.07) is 0. The fraction of sp³-hybridized carbons (Fsp3) is 0.417. The maximum atomic E-state index is 13.5. The number of allylic oxidation sites excluding steroid dienone is 12. The van der Waals surface area contributed by atoms with Gasteiger partial charge in [-0.1, -0.05) is 120 Å². The van der Waals surface area contributed by atoms with Gasteiger partial charge in [0.15, 0.2) is 0 Å². The Morgan fingerprint density at radius 3 is 2.05 bits per heavy atom. The predicted molar refractivity (Wildman–Crippen MR) is 195 cm³/mol. The van der Waals surface area contributed by atoms with Crippen LogP contribution >= 0.6 is 35.0 Å². The summed E-state index contributed by atoms with van der Waals surface area (Å²) in [5.41, 5.74) is 4.59. The highest BCUT2D eigenvalue weighted by atomic mass is 35.5. The van der Waals surface area contributed by atoms with Gasteiger partial charge in [-0.15, -0.1) is 23.4 Å². The molecule has 1 amide bonds. The zero-order chi connectivity index (χ0) is 33.1. The lowest BCUT2D eigenvalue weighted by atomic mass is 10.1. The topological polar surface area (TPSA) is 34.0 Å². The summed E-state index contributed by atoms with van der Waals surface area (Å²) in [4.78, 5) is 13.5. The lowest BCUT2D eigenvalue weighted by Gasteiger charge is -2.15. The van der Waals surface area contributed by atoms with E-state index < -0.39 is 0 Å². The average molecular weight is 636 g/mol. The molecule has 6 heteroatoms. The molecule has 1 aromatic rings. The van der Waals surface area contributed by atoms with Gasteiger partial charge in [0.1, 0.15) is 0 Å². The molecule has 0 aromatic carbocycles. The van der Waals surface area contributed by atoms with E-state index in [1.54, 1.807) is 23.9 Å². The largest absolute Gasteiger partial charge is 0.335 e. The summed E-state index contributed by atoms with van der Waals surface area (Å²) >= 11 is 12.7. The highest BCUT2D eigenvalue weighted by Gasteiger charge is 2.25. The Bertz CT molecular complexity index is 1100. The van der Waals surface area contributed by atoms with Crippen molar-refractivity contribution in [2.24, 2.45) is 0 Å². The van der Waals surface area contributed by atoms with Crippen LogP contribution in [0.2, 0.25) is 0 Å². The van der Waals surface area contributed by atoms with Crippen LogP contribution in [0.4, 0.5) is 0 Å². The van der Waals surface area contributed by atoms with Crippen LogP contribution in [0.15, 0.2) is 101 Å². The number of rotatable bonds is 13. The van der Waals surface area contributed by atoms with Gasteiger partial charge in [0.05, 0.1) is 10.6 Å². The second-order valence-corrected chi connectivity index (χ2v) is 10.3. The highest BCUT2D eigenvalue weighted by Crippen LogP contribution is 2.36. The first-order valence-electron chi connectivity index (χ1n) is 14.7. The van der Waals surface area contributed by atoms with Gasteiger partial charge in [-0.3, -0.25) is 4.79 Å². The number of carbonyl (C=O) groups excluding carboxylic acids is 1. The molecule has 1 aromatic heterocycles. The van der Waals surface area contributed by atoms with Crippen LogP contribution in [0.3, 0.4) is 0 Å². The number of nitrogens with zero attached hydrogens (tertiary/aromatic N) is 1. The number of alkyl halides is 1. The molecule has 42 heavy (non-hydrogen) atoms. The van der Waals surface area contributed by atoms with E-state index in [1.165, 1.54) is 12.8 Å². The smallest absolute Gasteiger partial charge is 0.257 e. The molecule has 0 saturated heterocycles. The summed E-state index contributed by atoms with van der Waals surface area (Å²) in [6.07, 6.45) is 24.4. The Hall–Kier alpha value is -2.40. The Morgan fingerprint density at radius 1 is 1.02 bits per heavy atom. The molecular weight excluding hydrogens is 579 g/mol. The molecule has 0 spiro atoms. The third-order valence-electron chi connectivity index (χ3n) is 5.20. The quantitative estimate of drug-likeness (QED) is 0.133. The van der Waals surface area contributed by atoms with Crippen molar-refractivity contribution in [3.05, 3.63) is 113 Å². The van der Waals surface area contributed by atoms with Crippen LogP contribution in [0, 0.1) is 6.92 Å². The number of nitrogens with one attached hydrogen (secondary N) is 1. The molecule has 0 radical (unpaired) electrons. The van der Waals surface area contributed by atoms with Crippen LogP contribution in [0.1, 0.15) is 90.3 Å². The summed E-state index contributed by atoms with van der Waals surface area (Å²) < 4.78 is 2.23. The predicted octanol–water partition coefficient (Wildman–Crippen LogP) is 11.9. The lowest BCUT2D eigenvalue weighted by molar-refractivity contribution is 0.0965. The molecule has 0 saturated carbocycles. The molecular formula is C36H56Cl2N2OS. The lowest BCUT2D eigenvalue weighted by Crippen LogP contribution is -2.23. The molecule has 236 valence electrons. The summed E-state index contributed by atoms with van der Waals surface area (Å²) in [5, 5.41) is 4.89. The normalized spacial score (nSPS) is 12.6. The zero-order valence-electron chi connectivity index (χ0n) is 28.0.